The van der Waals surface area contributed by atoms with Gasteiger partial charge in [-0.1, -0.05) is 19.3 Å². The zero-order valence-electron chi connectivity index (χ0n) is 11.7. The van der Waals surface area contributed by atoms with Crippen LogP contribution in [0.25, 0.3) is 0 Å². The zero-order chi connectivity index (χ0) is 14.6. The first-order valence-corrected chi connectivity index (χ1v) is 8.60. The average molecular weight is 292 g/mol. The number of benzene rings is 1. The van der Waals surface area contributed by atoms with Gasteiger partial charge in [0.25, 0.3) is 0 Å². The summed E-state index contributed by atoms with van der Waals surface area (Å²) in [7, 11) is -1.70. The molecule has 1 aliphatic carbocycles. The minimum atomic E-state index is -3.28. The van der Waals surface area contributed by atoms with Gasteiger partial charge in [0.05, 0.1) is 23.1 Å². The van der Waals surface area contributed by atoms with E-state index in [2.05, 4.69) is 0 Å². The van der Waals surface area contributed by atoms with Gasteiger partial charge < -0.3 is 0 Å². The molecular formula is C15H20N2O2S. The highest BCUT2D eigenvalue weighted by Gasteiger charge is 2.25. The van der Waals surface area contributed by atoms with Crippen LogP contribution in [0.15, 0.2) is 24.3 Å². The Bertz CT molecular complexity index is 581. The van der Waals surface area contributed by atoms with Gasteiger partial charge >= 0.3 is 0 Å². The molecule has 0 atom stereocenters. The number of hydrogen-bond acceptors (Lipinski definition) is 3. The molecule has 0 unspecified atom stereocenters. The molecule has 0 N–H and O–H groups in total. The van der Waals surface area contributed by atoms with Crippen molar-refractivity contribution in [2.24, 2.45) is 5.92 Å². The van der Waals surface area contributed by atoms with Crippen LogP contribution in [0.3, 0.4) is 0 Å². The van der Waals surface area contributed by atoms with Crippen molar-refractivity contribution in [2.45, 2.75) is 32.1 Å². The Labute approximate surface area is 121 Å². The molecule has 2 rings (SSSR count). The third-order valence-electron chi connectivity index (χ3n) is 3.95. The van der Waals surface area contributed by atoms with Crippen LogP contribution < -0.4 is 4.31 Å². The van der Waals surface area contributed by atoms with Crippen LogP contribution in [0.2, 0.25) is 0 Å². The maximum atomic E-state index is 12.4. The Balaban J connectivity index is 2.09. The minimum absolute atomic E-state index is 0.226. The molecule has 0 aromatic heterocycles. The summed E-state index contributed by atoms with van der Waals surface area (Å²) in [5.74, 6) is 0.512. The number of hydrogen-bond donors (Lipinski definition) is 0. The van der Waals surface area contributed by atoms with E-state index in [4.69, 9.17) is 5.26 Å². The number of rotatable bonds is 4. The van der Waals surface area contributed by atoms with Crippen LogP contribution >= 0.6 is 0 Å². The highest BCUT2D eigenvalue weighted by molar-refractivity contribution is 7.92. The average Bonchev–Trinajstić information content (AvgIpc) is 2.47. The lowest BCUT2D eigenvalue weighted by Crippen LogP contribution is -2.32. The molecule has 1 aliphatic rings. The van der Waals surface area contributed by atoms with Crippen LogP contribution in [0.4, 0.5) is 5.69 Å². The predicted octanol–water partition coefficient (Wildman–Crippen LogP) is 2.90. The van der Waals surface area contributed by atoms with Gasteiger partial charge in [0.1, 0.15) is 0 Å². The first-order valence-electron chi connectivity index (χ1n) is 7.00. The lowest BCUT2D eigenvalue weighted by molar-refractivity contribution is 0.385. The fraction of sp³-hybridized carbons (Fsp3) is 0.533. The molecule has 4 nitrogen and oxygen atoms in total. The Morgan fingerprint density at radius 3 is 2.35 bits per heavy atom. The third-order valence-corrected chi connectivity index (χ3v) is 5.89. The number of sulfonamides is 1. The second kappa shape index (κ2) is 6.27. The van der Waals surface area contributed by atoms with E-state index in [1.54, 1.807) is 31.3 Å². The molecule has 1 saturated carbocycles. The van der Waals surface area contributed by atoms with Crippen molar-refractivity contribution in [3.63, 3.8) is 0 Å². The number of nitrogens with zero attached hydrogens (tertiary/aromatic N) is 2. The van der Waals surface area contributed by atoms with Crippen molar-refractivity contribution >= 4 is 15.7 Å². The summed E-state index contributed by atoms with van der Waals surface area (Å²) in [4.78, 5) is 0. The van der Waals surface area contributed by atoms with Gasteiger partial charge in [0, 0.05) is 7.05 Å². The SMILES string of the molecule is CN(c1ccc(C#N)cc1)S(=O)(=O)CC1CCCCC1. The zero-order valence-corrected chi connectivity index (χ0v) is 12.6. The standard InChI is InChI=1S/C15H20N2O2S/c1-17(15-9-7-13(11-16)8-10-15)20(18,19)12-14-5-3-2-4-6-14/h7-10,14H,2-6,12H2,1H3. The fourth-order valence-electron chi connectivity index (χ4n) is 2.67. The van der Waals surface area contributed by atoms with E-state index in [0.717, 1.165) is 25.7 Å². The van der Waals surface area contributed by atoms with Gasteiger partial charge in [-0.25, -0.2) is 8.42 Å². The molecule has 1 aromatic rings. The lowest BCUT2D eigenvalue weighted by Gasteiger charge is -2.25. The normalized spacial score (nSPS) is 16.6. The Kier molecular flexibility index (Phi) is 4.66. The van der Waals surface area contributed by atoms with Crippen molar-refractivity contribution in [3.05, 3.63) is 29.8 Å². The lowest BCUT2D eigenvalue weighted by atomic mass is 9.91. The summed E-state index contributed by atoms with van der Waals surface area (Å²) in [6.07, 6.45) is 5.53. The molecule has 1 fully saturated rings. The van der Waals surface area contributed by atoms with E-state index < -0.39 is 10.0 Å². The highest BCUT2D eigenvalue weighted by Crippen LogP contribution is 2.27. The monoisotopic (exact) mass is 292 g/mol. The van der Waals surface area contributed by atoms with Gasteiger partial charge in [-0.2, -0.15) is 5.26 Å². The summed E-state index contributed by atoms with van der Waals surface area (Å²) >= 11 is 0. The quantitative estimate of drug-likeness (QED) is 0.857. The smallest absolute Gasteiger partial charge is 0.235 e. The summed E-state index contributed by atoms with van der Waals surface area (Å²) in [6, 6.07) is 8.67. The molecule has 0 aliphatic heterocycles. The van der Waals surface area contributed by atoms with Crippen LogP contribution in [0.5, 0.6) is 0 Å². The van der Waals surface area contributed by atoms with Crippen LogP contribution in [-0.4, -0.2) is 21.2 Å². The van der Waals surface area contributed by atoms with Crippen molar-refractivity contribution < 1.29 is 8.42 Å². The molecule has 0 heterocycles. The third kappa shape index (κ3) is 3.51. The molecule has 0 saturated heterocycles. The molecule has 5 heteroatoms. The fourth-order valence-corrected chi connectivity index (χ4v) is 4.27. The van der Waals surface area contributed by atoms with E-state index in [-0.39, 0.29) is 11.7 Å². The summed E-state index contributed by atoms with van der Waals surface area (Å²) in [5.41, 5.74) is 1.15. The van der Waals surface area contributed by atoms with E-state index >= 15 is 0 Å². The Morgan fingerprint density at radius 2 is 1.80 bits per heavy atom. The molecule has 0 spiro atoms. The summed E-state index contributed by atoms with van der Waals surface area (Å²) in [5, 5.41) is 8.76. The first kappa shape index (κ1) is 14.9. The summed E-state index contributed by atoms with van der Waals surface area (Å²) in [6.45, 7) is 0. The molecule has 0 radical (unpaired) electrons. The number of nitriles is 1. The molecule has 0 amide bonds. The Morgan fingerprint density at radius 1 is 1.20 bits per heavy atom. The van der Waals surface area contributed by atoms with E-state index in [1.807, 2.05) is 6.07 Å². The predicted molar refractivity (Wildman–Crippen MR) is 79.9 cm³/mol. The van der Waals surface area contributed by atoms with E-state index in [0.29, 0.717) is 11.3 Å². The van der Waals surface area contributed by atoms with Crippen molar-refractivity contribution in [3.8, 4) is 6.07 Å². The van der Waals surface area contributed by atoms with Gasteiger partial charge in [-0.3, -0.25) is 4.31 Å². The highest BCUT2D eigenvalue weighted by atomic mass is 32.2. The second-order valence-corrected chi connectivity index (χ2v) is 7.45. The van der Waals surface area contributed by atoms with Gasteiger partial charge in [0.15, 0.2) is 0 Å². The van der Waals surface area contributed by atoms with Crippen LogP contribution in [0.1, 0.15) is 37.7 Å². The molecule has 108 valence electrons. The molecular weight excluding hydrogens is 272 g/mol. The van der Waals surface area contributed by atoms with Crippen molar-refractivity contribution in [1.82, 2.24) is 0 Å². The van der Waals surface area contributed by atoms with Gasteiger partial charge in [0.2, 0.25) is 10.0 Å². The minimum Gasteiger partial charge on any atom is -0.273 e. The summed E-state index contributed by atoms with van der Waals surface area (Å²) < 4.78 is 26.2. The molecule has 20 heavy (non-hydrogen) atoms. The van der Waals surface area contributed by atoms with Gasteiger partial charge in [-0.05, 0) is 43.0 Å². The molecule has 0 bridgehead atoms. The van der Waals surface area contributed by atoms with Crippen LogP contribution in [0, 0.1) is 17.2 Å². The van der Waals surface area contributed by atoms with Gasteiger partial charge in [-0.15, -0.1) is 0 Å². The topological polar surface area (TPSA) is 61.2 Å². The van der Waals surface area contributed by atoms with Crippen LogP contribution in [-0.2, 0) is 10.0 Å². The number of anilines is 1. The van der Waals surface area contributed by atoms with E-state index in [1.165, 1.54) is 10.7 Å². The first-order chi connectivity index (χ1) is 9.53. The van der Waals surface area contributed by atoms with Crippen molar-refractivity contribution in [1.29, 1.82) is 5.26 Å². The second-order valence-electron chi connectivity index (χ2n) is 5.41. The van der Waals surface area contributed by atoms with E-state index in [9.17, 15) is 8.42 Å². The maximum absolute atomic E-state index is 12.4. The largest absolute Gasteiger partial charge is 0.273 e. The molecule has 1 aromatic carbocycles. The van der Waals surface area contributed by atoms with Crippen molar-refractivity contribution in [2.75, 3.05) is 17.1 Å². The maximum Gasteiger partial charge on any atom is 0.235 e. The Hall–Kier alpha value is -1.54.